The van der Waals surface area contributed by atoms with Crippen molar-refractivity contribution in [2.24, 2.45) is 5.92 Å². The Balaban J connectivity index is 2.69. The minimum absolute atomic E-state index is 0.644. The SMILES string of the molecule is C=C(C)CC(C)C1=C(C)CCN1C. The van der Waals surface area contributed by atoms with Crippen molar-refractivity contribution in [1.29, 1.82) is 0 Å². The van der Waals surface area contributed by atoms with Crippen LogP contribution in [-0.4, -0.2) is 18.5 Å². The van der Waals surface area contributed by atoms with Crippen LogP contribution in [0, 0.1) is 5.92 Å². The molecule has 1 atom stereocenters. The van der Waals surface area contributed by atoms with Crippen LogP contribution < -0.4 is 0 Å². The monoisotopic (exact) mass is 179 g/mol. The van der Waals surface area contributed by atoms with Gasteiger partial charge in [0.2, 0.25) is 0 Å². The van der Waals surface area contributed by atoms with Gasteiger partial charge in [-0.1, -0.05) is 18.1 Å². The maximum absolute atomic E-state index is 3.98. The van der Waals surface area contributed by atoms with Crippen LogP contribution in [0.25, 0.3) is 0 Å². The second kappa shape index (κ2) is 3.99. The molecule has 0 saturated carbocycles. The highest BCUT2D eigenvalue weighted by molar-refractivity contribution is 5.20. The Morgan fingerprint density at radius 2 is 2.23 bits per heavy atom. The lowest BCUT2D eigenvalue weighted by atomic mass is 9.97. The molecule has 1 heteroatoms. The summed E-state index contributed by atoms with van der Waals surface area (Å²) in [6, 6.07) is 0. The molecule has 1 nitrogen and oxygen atoms in total. The summed E-state index contributed by atoms with van der Waals surface area (Å²) in [6.07, 6.45) is 2.36. The number of nitrogens with zero attached hydrogens (tertiary/aromatic N) is 1. The summed E-state index contributed by atoms with van der Waals surface area (Å²) < 4.78 is 0. The van der Waals surface area contributed by atoms with Gasteiger partial charge in [0.25, 0.3) is 0 Å². The largest absolute Gasteiger partial charge is 0.377 e. The van der Waals surface area contributed by atoms with E-state index in [2.05, 4.69) is 39.3 Å². The predicted molar refractivity (Wildman–Crippen MR) is 58.5 cm³/mol. The second-order valence-corrected chi connectivity index (χ2v) is 4.40. The van der Waals surface area contributed by atoms with E-state index in [-0.39, 0.29) is 0 Å². The Hall–Kier alpha value is -0.720. The summed E-state index contributed by atoms with van der Waals surface area (Å²) in [6.45, 7) is 11.8. The van der Waals surface area contributed by atoms with Gasteiger partial charge in [-0.15, -0.1) is 6.58 Å². The normalized spacial score (nSPS) is 19.5. The lowest BCUT2D eigenvalue weighted by molar-refractivity contribution is 0.399. The van der Waals surface area contributed by atoms with Crippen LogP contribution in [-0.2, 0) is 0 Å². The quantitative estimate of drug-likeness (QED) is 0.601. The van der Waals surface area contributed by atoms with Gasteiger partial charge in [-0.05, 0) is 32.6 Å². The van der Waals surface area contributed by atoms with Gasteiger partial charge in [0.15, 0.2) is 0 Å². The van der Waals surface area contributed by atoms with Crippen LogP contribution in [0.2, 0.25) is 0 Å². The average molecular weight is 179 g/mol. The van der Waals surface area contributed by atoms with Crippen molar-refractivity contribution in [2.75, 3.05) is 13.6 Å². The first-order valence-electron chi connectivity index (χ1n) is 5.07. The van der Waals surface area contributed by atoms with E-state index in [0.29, 0.717) is 5.92 Å². The van der Waals surface area contributed by atoms with Crippen molar-refractivity contribution >= 4 is 0 Å². The topological polar surface area (TPSA) is 3.24 Å². The average Bonchev–Trinajstić information content (AvgIpc) is 2.29. The third-order valence-electron chi connectivity index (χ3n) is 2.79. The molecule has 0 fully saturated rings. The molecular weight excluding hydrogens is 158 g/mol. The number of allylic oxidation sites excluding steroid dienone is 2. The van der Waals surface area contributed by atoms with Crippen LogP contribution in [0.4, 0.5) is 0 Å². The molecule has 0 amide bonds. The Morgan fingerprint density at radius 3 is 2.62 bits per heavy atom. The lowest BCUT2D eigenvalue weighted by Gasteiger charge is -2.23. The van der Waals surface area contributed by atoms with E-state index in [4.69, 9.17) is 0 Å². The molecule has 1 aliphatic heterocycles. The minimum Gasteiger partial charge on any atom is -0.377 e. The van der Waals surface area contributed by atoms with Gasteiger partial charge in [-0.25, -0.2) is 0 Å². The zero-order chi connectivity index (χ0) is 10.0. The summed E-state index contributed by atoms with van der Waals surface area (Å²) in [5.41, 5.74) is 4.40. The van der Waals surface area contributed by atoms with E-state index in [9.17, 15) is 0 Å². The molecule has 0 radical (unpaired) electrons. The van der Waals surface area contributed by atoms with E-state index in [1.807, 2.05) is 0 Å². The predicted octanol–water partition coefficient (Wildman–Crippen LogP) is 3.20. The van der Waals surface area contributed by atoms with Gasteiger partial charge in [-0.3, -0.25) is 0 Å². The van der Waals surface area contributed by atoms with Crippen LogP contribution in [0.5, 0.6) is 0 Å². The molecule has 0 bridgehead atoms. The van der Waals surface area contributed by atoms with Crippen molar-refractivity contribution in [3.8, 4) is 0 Å². The van der Waals surface area contributed by atoms with Crippen molar-refractivity contribution < 1.29 is 0 Å². The molecule has 0 saturated heterocycles. The van der Waals surface area contributed by atoms with Crippen molar-refractivity contribution in [3.63, 3.8) is 0 Å². The van der Waals surface area contributed by atoms with Crippen LogP contribution in [0.1, 0.15) is 33.6 Å². The third kappa shape index (κ3) is 2.36. The number of hydrogen-bond acceptors (Lipinski definition) is 1. The first-order chi connectivity index (χ1) is 6.02. The van der Waals surface area contributed by atoms with E-state index >= 15 is 0 Å². The molecular formula is C12H21N. The lowest BCUT2D eigenvalue weighted by Crippen LogP contribution is -2.18. The standard InChI is InChI=1S/C12H21N/c1-9(2)8-11(4)12-10(3)6-7-13(12)5/h11H,1,6-8H2,2-5H3. The smallest absolute Gasteiger partial charge is 0.0209 e. The van der Waals surface area contributed by atoms with Gasteiger partial charge in [0.1, 0.15) is 0 Å². The zero-order valence-corrected chi connectivity index (χ0v) is 9.35. The fourth-order valence-corrected chi connectivity index (χ4v) is 2.33. The summed E-state index contributed by atoms with van der Waals surface area (Å²) in [5, 5.41) is 0. The summed E-state index contributed by atoms with van der Waals surface area (Å²) in [4.78, 5) is 2.39. The first kappa shape index (κ1) is 10.4. The van der Waals surface area contributed by atoms with Crippen molar-refractivity contribution in [2.45, 2.75) is 33.6 Å². The van der Waals surface area contributed by atoms with Crippen LogP contribution >= 0.6 is 0 Å². The molecule has 0 spiro atoms. The molecule has 1 unspecified atom stereocenters. The van der Waals surface area contributed by atoms with E-state index in [0.717, 1.165) is 6.42 Å². The second-order valence-electron chi connectivity index (χ2n) is 4.40. The zero-order valence-electron chi connectivity index (χ0n) is 9.35. The van der Waals surface area contributed by atoms with Gasteiger partial charge < -0.3 is 4.90 Å². The van der Waals surface area contributed by atoms with Crippen molar-refractivity contribution in [1.82, 2.24) is 4.90 Å². The van der Waals surface area contributed by atoms with Gasteiger partial charge >= 0.3 is 0 Å². The highest BCUT2D eigenvalue weighted by Gasteiger charge is 2.20. The third-order valence-corrected chi connectivity index (χ3v) is 2.79. The fraction of sp³-hybridized carbons (Fsp3) is 0.667. The first-order valence-corrected chi connectivity index (χ1v) is 5.07. The van der Waals surface area contributed by atoms with Crippen LogP contribution in [0.3, 0.4) is 0 Å². The Kier molecular flexibility index (Phi) is 3.18. The number of hydrogen-bond donors (Lipinski definition) is 0. The highest BCUT2D eigenvalue weighted by Crippen LogP contribution is 2.30. The summed E-state index contributed by atoms with van der Waals surface area (Å²) >= 11 is 0. The van der Waals surface area contributed by atoms with E-state index in [1.165, 1.54) is 18.5 Å². The molecule has 0 aliphatic carbocycles. The maximum Gasteiger partial charge on any atom is 0.0209 e. The molecule has 74 valence electrons. The molecule has 1 aliphatic rings. The minimum atomic E-state index is 0.644. The van der Waals surface area contributed by atoms with Crippen LogP contribution in [0.15, 0.2) is 23.4 Å². The molecule has 0 aromatic heterocycles. The van der Waals surface area contributed by atoms with Crippen molar-refractivity contribution in [3.05, 3.63) is 23.4 Å². The Morgan fingerprint density at radius 1 is 1.62 bits per heavy atom. The van der Waals surface area contributed by atoms with E-state index in [1.54, 1.807) is 11.3 Å². The highest BCUT2D eigenvalue weighted by atomic mass is 15.1. The number of rotatable bonds is 3. The fourth-order valence-electron chi connectivity index (χ4n) is 2.33. The Labute approximate surface area is 82.1 Å². The molecule has 13 heavy (non-hydrogen) atoms. The van der Waals surface area contributed by atoms with E-state index < -0.39 is 0 Å². The molecule has 0 aromatic rings. The summed E-state index contributed by atoms with van der Waals surface area (Å²) in [7, 11) is 2.20. The van der Waals surface area contributed by atoms with Gasteiger partial charge in [0, 0.05) is 19.3 Å². The molecule has 1 heterocycles. The Bertz CT molecular complexity index is 238. The summed E-state index contributed by atoms with van der Waals surface area (Å²) in [5.74, 6) is 0.644. The van der Waals surface area contributed by atoms with Gasteiger partial charge in [0.05, 0.1) is 0 Å². The molecule has 1 rings (SSSR count). The van der Waals surface area contributed by atoms with Gasteiger partial charge in [-0.2, -0.15) is 0 Å². The maximum atomic E-state index is 3.98. The molecule has 0 N–H and O–H groups in total. The molecule has 0 aromatic carbocycles.